The van der Waals surface area contributed by atoms with Gasteiger partial charge in [0.1, 0.15) is 17.1 Å². The van der Waals surface area contributed by atoms with Crippen molar-refractivity contribution in [2.75, 3.05) is 0 Å². The van der Waals surface area contributed by atoms with Crippen molar-refractivity contribution in [2.24, 2.45) is 5.41 Å². The van der Waals surface area contributed by atoms with E-state index in [-0.39, 0.29) is 24.1 Å². The van der Waals surface area contributed by atoms with Crippen molar-refractivity contribution in [3.63, 3.8) is 0 Å². The summed E-state index contributed by atoms with van der Waals surface area (Å²) in [5.41, 5.74) is 0.167. The summed E-state index contributed by atoms with van der Waals surface area (Å²) in [4.78, 5) is 17.1. The van der Waals surface area contributed by atoms with Crippen LogP contribution in [0.2, 0.25) is 0 Å². The van der Waals surface area contributed by atoms with E-state index in [1.807, 2.05) is 6.07 Å². The third-order valence-corrected chi connectivity index (χ3v) is 4.92. The van der Waals surface area contributed by atoms with Gasteiger partial charge in [-0.05, 0) is 41.3 Å². The van der Waals surface area contributed by atoms with Crippen molar-refractivity contribution in [3.8, 4) is 0 Å². The molecule has 0 fully saturated rings. The Labute approximate surface area is 166 Å². The number of aromatic nitrogens is 1. The molecule has 0 spiro atoms. The summed E-state index contributed by atoms with van der Waals surface area (Å²) in [6.07, 6.45) is 0.691. The van der Waals surface area contributed by atoms with Crippen LogP contribution in [0, 0.1) is 11.2 Å². The number of nitrogens with zero attached hydrogens (tertiary/aromatic N) is 1. The number of Topliss-reactive ketones (excluding diaryl/α,β-unsaturated/α-hetero) is 1. The summed E-state index contributed by atoms with van der Waals surface area (Å²) in [5.74, 6) is -0.819. The Morgan fingerprint density at radius 3 is 2.46 bits per heavy atom. The van der Waals surface area contributed by atoms with Crippen LogP contribution in [-0.4, -0.2) is 16.1 Å². The maximum Gasteiger partial charge on any atom is 0.322 e. The van der Waals surface area contributed by atoms with Crippen molar-refractivity contribution < 1.29 is 18.0 Å². The number of pyridine rings is 1. The number of para-hydroxylation sites is 1. The fourth-order valence-electron chi connectivity index (χ4n) is 3.41. The minimum absolute atomic E-state index is 0.0875. The average molecular weight is 406 g/mol. The van der Waals surface area contributed by atoms with Gasteiger partial charge in [-0.2, -0.15) is 8.78 Å². The Morgan fingerprint density at radius 1 is 1.07 bits per heavy atom. The molecule has 0 radical (unpaired) electrons. The molecule has 1 heterocycles. The van der Waals surface area contributed by atoms with Gasteiger partial charge in [0.05, 0.1) is 0 Å². The van der Waals surface area contributed by atoms with Crippen LogP contribution in [0.3, 0.4) is 0 Å². The lowest BCUT2D eigenvalue weighted by Crippen LogP contribution is -2.36. The molecular formula is C22H19ClF3NO. The quantitative estimate of drug-likeness (QED) is 0.454. The number of carbonyl (C=O) groups is 1. The second-order valence-corrected chi connectivity index (χ2v) is 7.82. The zero-order valence-electron chi connectivity index (χ0n) is 15.3. The second kappa shape index (κ2) is 7.92. The number of hydrogen-bond acceptors (Lipinski definition) is 2. The highest BCUT2D eigenvalue weighted by atomic mass is 35.5. The largest absolute Gasteiger partial charge is 0.322 e. The standard InChI is InChI=1S/C22H19ClF3NO/c1-21(14-22(23,25)26,12-15-6-3-2-4-7-15)19(28)11-16-10-17-8-5-9-18(24)20(17)27-13-16/h2-10,13H,11-12,14H2,1H3. The van der Waals surface area contributed by atoms with Gasteiger partial charge in [0, 0.05) is 29.8 Å². The fourth-order valence-corrected chi connectivity index (χ4v) is 3.71. The predicted octanol–water partition coefficient (Wildman–Crippen LogP) is 5.96. The first-order valence-corrected chi connectivity index (χ1v) is 9.21. The molecule has 2 aromatic carbocycles. The first-order chi connectivity index (χ1) is 13.2. The smallest absolute Gasteiger partial charge is 0.299 e. The van der Waals surface area contributed by atoms with E-state index in [0.29, 0.717) is 10.9 Å². The van der Waals surface area contributed by atoms with Gasteiger partial charge < -0.3 is 0 Å². The molecule has 1 atom stereocenters. The van der Waals surface area contributed by atoms with Crippen molar-refractivity contribution in [2.45, 2.75) is 31.6 Å². The summed E-state index contributed by atoms with van der Waals surface area (Å²) in [7, 11) is 0. The molecule has 1 unspecified atom stereocenters. The summed E-state index contributed by atoms with van der Waals surface area (Å²) < 4.78 is 41.0. The topological polar surface area (TPSA) is 30.0 Å². The number of hydrogen-bond donors (Lipinski definition) is 0. The molecule has 0 aliphatic rings. The number of fused-ring (bicyclic) bond motifs is 1. The highest BCUT2D eigenvalue weighted by molar-refractivity contribution is 6.21. The number of benzene rings is 2. The van der Waals surface area contributed by atoms with Gasteiger partial charge in [-0.25, -0.2) is 4.39 Å². The Hall–Kier alpha value is -2.40. The molecule has 0 amide bonds. The molecule has 6 heteroatoms. The number of halogens is 4. The molecule has 0 bridgehead atoms. The molecule has 0 aliphatic heterocycles. The van der Waals surface area contributed by atoms with E-state index in [2.05, 4.69) is 4.98 Å². The zero-order chi connectivity index (χ0) is 20.4. The van der Waals surface area contributed by atoms with Crippen LogP contribution in [-0.2, 0) is 17.6 Å². The van der Waals surface area contributed by atoms with Gasteiger partial charge in [-0.1, -0.05) is 49.4 Å². The van der Waals surface area contributed by atoms with Crippen molar-refractivity contribution in [1.29, 1.82) is 0 Å². The first kappa shape index (κ1) is 20.3. The summed E-state index contributed by atoms with van der Waals surface area (Å²) in [5, 5.41) is -2.94. The number of ketones is 1. The van der Waals surface area contributed by atoms with E-state index < -0.39 is 23.0 Å². The molecule has 0 saturated carbocycles. The van der Waals surface area contributed by atoms with Crippen LogP contribution < -0.4 is 0 Å². The Balaban J connectivity index is 1.88. The van der Waals surface area contributed by atoms with E-state index >= 15 is 0 Å². The zero-order valence-corrected chi connectivity index (χ0v) is 16.0. The maximum absolute atomic E-state index is 13.8. The van der Waals surface area contributed by atoms with Crippen molar-refractivity contribution >= 4 is 28.3 Å². The molecule has 0 N–H and O–H groups in total. The van der Waals surface area contributed by atoms with Crippen LogP contribution in [0.25, 0.3) is 10.9 Å². The molecule has 28 heavy (non-hydrogen) atoms. The lowest BCUT2D eigenvalue weighted by Gasteiger charge is -2.30. The van der Waals surface area contributed by atoms with Gasteiger partial charge in [-0.3, -0.25) is 9.78 Å². The average Bonchev–Trinajstić information content (AvgIpc) is 2.61. The summed E-state index contributed by atoms with van der Waals surface area (Å²) in [6.45, 7) is 1.51. The highest BCUT2D eigenvalue weighted by Gasteiger charge is 2.42. The summed E-state index contributed by atoms with van der Waals surface area (Å²) >= 11 is 5.19. The first-order valence-electron chi connectivity index (χ1n) is 8.83. The number of alkyl halides is 3. The molecule has 146 valence electrons. The minimum atomic E-state index is -3.50. The summed E-state index contributed by atoms with van der Waals surface area (Å²) in [6, 6.07) is 15.2. The SMILES string of the molecule is CC(Cc1ccccc1)(CC(F)(F)Cl)C(=O)Cc1cnc2c(F)cccc2c1. The van der Waals surface area contributed by atoms with Gasteiger partial charge in [0.25, 0.3) is 0 Å². The Morgan fingerprint density at radius 2 is 1.79 bits per heavy atom. The molecule has 2 nitrogen and oxygen atoms in total. The lowest BCUT2D eigenvalue weighted by atomic mass is 9.75. The predicted molar refractivity (Wildman–Crippen MR) is 104 cm³/mol. The normalized spacial score (nSPS) is 14.0. The highest BCUT2D eigenvalue weighted by Crippen LogP contribution is 2.39. The van der Waals surface area contributed by atoms with E-state index in [0.717, 1.165) is 5.56 Å². The second-order valence-electron chi connectivity index (χ2n) is 7.27. The Kier molecular flexibility index (Phi) is 5.75. The monoisotopic (exact) mass is 405 g/mol. The third-order valence-electron chi connectivity index (χ3n) is 4.78. The van der Waals surface area contributed by atoms with E-state index in [9.17, 15) is 18.0 Å². The van der Waals surface area contributed by atoms with E-state index in [4.69, 9.17) is 11.6 Å². The molecule has 1 aromatic heterocycles. The van der Waals surface area contributed by atoms with Crippen LogP contribution >= 0.6 is 11.6 Å². The molecule has 0 aliphatic carbocycles. The minimum Gasteiger partial charge on any atom is -0.299 e. The van der Waals surface area contributed by atoms with Crippen molar-refractivity contribution in [3.05, 3.63) is 77.7 Å². The third kappa shape index (κ3) is 4.90. The molecule has 3 rings (SSSR count). The van der Waals surface area contributed by atoms with Crippen LogP contribution in [0.15, 0.2) is 60.8 Å². The number of carbonyl (C=O) groups excluding carboxylic acids is 1. The van der Waals surface area contributed by atoms with Gasteiger partial charge in [0.15, 0.2) is 0 Å². The fraction of sp³-hybridized carbons (Fsp3) is 0.273. The van der Waals surface area contributed by atoms with Crippen LogP contribution in [0.4, 0.5) is 13.2 Å². The van der Waals surface area contributed by atoms with Crippen molar-refractivity contribution in [1.82, 2.24) is 4.98 Å². The van der Waals surface area contributed by atoms with Gasteiger partial charge in [-0.15, -0.1) is 0 Å². The van der Waals surface area contributed by atoms with E-state index in [1.54, 1.807) is 42.5 Å². The van der Waals surface area contributed by atoms with Crippen LogP contribution in [0.1, 0.15) is 24.5 Å². The molecular weight excluding hydrogens is 387 g/mol. The van der Waals surface area contributed by atoms with E-state index in [1.165, 1.54) is 19.2 Å². The number of rotatable bonds is 7. The lowest BCUT2D eigenvalue weighted by molar-refractivity contribution is -0.130. The Bertz CT molecular complexity index is 988. The van der Waals surface area contributed by atoms with Gasteiger partial charge >= 0.3 is 5.38 Å². The van der Waals surface area contributed by atoms with Gasteiger partial charge in [0.2, 0.25) is 0 Å². The molecule has 3 aromatic rings. The van der Waals surface area contributed by atoms with Crippen LogP contribution in [0.5, 0.6) is 0 Å². The maximum atomic E-state index is 13.8. The molecule has 0 saturated heterocycles.